The Morgan fingerprint density at radius 3 is 1.88 bits per heavy atom. The molecule has 0 bridgehead atoms. The van der Waals surface area contributed by atoms with Crippen molar-refractivity contribution in [2.24, 2.45) is 0 Å². The van der Waals surface area contributed by atoms with E-state index in [0.29, 0.717) is 24.3 Å². The highest BCUT2D eigenvalue weighted by atomic mass is 16.5. The molecule has 0 aromatic heterocycles. The van der Waals surface area contributed by atoms with Crippen LogP contribution in [-0.2, 0) is 35.9 Å². The van der Waals surface area contributed by atoms with Crippen molar-refractivity contribution in [3.8, 4) is 17.2 Å². The van der Waals surface area contributed by atoms with Gasteiger partial charge in [0, 0.05) is 26.3 Å². The average Bonchev–Trinajstić information content (AvgIpc) is 3.62. The number of esters is 1. The van der Waals surface area contributed by atoms with Crippen molar-refractivity contribution in [1.82, 2.24) is 10.2 Å². The fourth-order valence-corrected chi connectivity index (χ4v) is 7.56. The Labute approximate surface area is 331 Å². The lowest BCUT2D eigenvalue weighted by Gasteiger charge is -2.38. The number of methoxy groups -OCH3 is 2. The second kappa shape index (κ2) is 19.0. The fourth-order valence-electron chi connectivity index (χ4n) is 7.56. The van der Waals surface area contributed by atoms with Gasteiger partial charge >= 0.3 is 5.97 Å². The van der Waals surface area contributed by atoms with Gasteiger partial charge in [0.25, 0.3) is 0 Å². The van der Waals surface area contributed by atoms with Crippen LogP contribution in [0.5, 0.6) is 17.2 Å². The fraction of sp³-hybridized carbons (Fsp3) is 0.413. The van der Waals surface area contributed by atoms with Crippen LogP contribution in [0.1, 0.15) is 98.6 Å². The van der Waals surface area contributed by atoms with E-state index in [1.165, 1.54) is 7.05 Å². The minimum absolute atomic E-state index is 0.0119. The molecule has 2 atom stereocenters. The Bertz CT molecular complexity index is 1880. The molecule has 0 unspecified atom stereocenters. The molecule has 0 saturated carbocycles. The minimum Gasteiger partial charge on any atom is -0.508 e. The van der Waals surface area contributed by atoms with Crippen molar-refractivity contribution in [3.63, 3.8) is 0 Å². The van der Waals surface area contributed by atoms with E-state index in [9.17, 15) is 19.5 Å². The Morgan fingerprint density at radius 1 is 0.786 bits per heavy atom. The third-order valence-electron chi connectivity index (χ3n) is 10.6. The minimum atomic E-state index is -1.12. The topological polar surface area (TPSA) is 124 Å². The van der Waals surface area contributed by atoms with Crippen molar-refractivity contribution >= 4 is 17.8 Å². The van der Waals surface area contributed by atoms with Crippen LogP contribution in [0.2, 0.25) is 0 Å². The van der Waals surface area contributed by atoms with Gasteiger partial charge in [-0.1, -0.05) is 88.4 Å². The number of likely N-dealkylation sites (tertiary alicyclic amines) is 1. The molecule has 1 fully saturated rings. The monoisotopic (exact) mass is 764 g/mol. The predicted octanol–water partition coefficient (Wildman–Crippen LogP) is 7.64. The third kappa shape index (κ3) is 9.71. The van der Waals surface area contributed by atoms with Crippen molar-refractivity contribution < 1.29 is 38.4 Å². The van der Waals surface area contributed by atoms with Crippen LogP contribution >= 0.6 is 0 Å². The molecule has 10 nitrogen and oxygen atoms in total. The van der Waals surface area contributed by atoms with E-state index in [1.807, 2.05) is 91.0 Å². The number of aromatic hydroxyl groups is 1. The van der Waals surface area contributed by atoms with E-state index in [1.54, 1.807) is 19.1 Å². The molecule has 1 aliphatic heterocycles. The highest BCUT2D eigenvalue weighted by molar-refractivity contribution is 5.81. The van der Waals surface area contributed by atoms with Crippen LogP contribution < -0.4 is 14.8 Å². The van der Waals surface area contributed by atoms with Gasteiger partial charge in [-0.2, -0.15) is 0 Å². The first kappa shape index (κ1) is 41.8. The molecule has 0 aliphatic carbocycles. The first-order chi connectivity index (χ1) is 26.9. The number of phenolic OH excluding ortho intramolecular Hbond substituents is 1. The van der Waals surface area contributed by atoms with Crippen LogP contribution in [-0.4, -0.2) is 74.4 Å². The van der Waals surface area contributed by atoms with Gasteiger partial charge in [0.15, 0.2) is 0 Å². The Hall–Kier alpha value is -5.35. The molecule has 2 N–H and O–H groups in total. The quantitative estimate of drug-likeness (QED) is 0.0832. The van der Waals surface area contributed by atoms with Crippen LogP contribution in [0.15, 0.2) is 91.0 Å². The van der Waals surface area contributed by atoms with Crippen LogP contribution in [0.3, 0.4) is 0 Å². The van der Waals surface area contributed by atoms with E-state index in [0.717, 1.165) is 33.4 Å². The summed E-state index contributed by atoms with van der Waals surface area (Å²) < 4.78 is 24.1. The molecule has 0 spiro atoms. The number of benzene rings is 4. The van der Waals surface area contributed by atoms with Gasteiger partial charge in [-0.05, 0) is 82.0 Å². The van der Waals surface area contributed by atoms with Gasteiger partial charge in [0.2, 0.25) is 11.8 Å². The smallest absolute Gasteiger partial charge is 0.306 e. The van der Waals surface area contributed by atoms with E-state index >= 15 is 0 Å². The number of hydrogen-bond donors (Lipinski definition) is 2. The number of phenols is 1. The number of ether oxygens (including phenoxy) is 4. The zero-order valence-electron chi connectivity index (χ0n) is 33.7. The average molecular weight is 765 g/mol. The molecule has 0 radical (unpaired) electrons. The Morgan fingerprint density at radius 2 is 1.34 bits per heavy atom. The number of carbonyl (C=O) groups is 3. The SMILES string of the molecule is CNC(=O)CCC(=O)O[C@@H]1C[C@@H](COC(c2ccccc2)(c2ccc(OC)cc2)c2ccc(OC)cc2)N(C(=O)CCc2cc(C(C)C)c(C(C)C)cc2O)C1. The van der Waals surface area contributed by atoms with Gasteiger partial charge < -0.3 is 34.3 Å². The summed E-state index contributed by atoms with van der Waals surface area (Å²) in [6, 6.07) is 28.8. The number of rotatable bonds is 17. The molecule has 4 aromatic carbocycles. The molecule has 2 amide bonds. The Balaban J connectivity index is 1.48. The van der Waals surface area contributed by atoms with Gasteiger partial charge in [-0.15, -0.1) is 0 Å². The van der Waals surface area contributed by atoms with Crippen LogP contribution in [0, 0.1) is 0 Å². The zero-order valence-corrected chi connectivity index (χ0v) is 33.7. The summed E-state index contributed by atoms with van der Waals surface area (Å²) in [5.74, 6) is 1.18. The summed E-state index contributed by atoms with van der Waals surface area (Å²) in [5, 5.41) is 13.6. The van der Waals surface area contributed by atoms with Gasteiger partial charge in [0.1, 0.15) is 29.0 Å². The summed E-state index contributed by atoms with van der Waals surface area (Å²) in [5.41, 5.74) is 4.44. The molecule has 10 heteroatoms. The van der Waals surface area contributed by atoms with E-state index in [-0.39, 0.29) is 61.8 Å². The number of carbonyl (C=O) groups excluding carboxylic acids is 3. The first-order valence-electron chi connectivity index (χ1n) is 19.4. The molecule has 56 heavy (non-hydrogen) atoms. The summed E-state index contributed by atoms with van der Waals surface area (Å²) >= 11 is 0. The molecule has 4 aromatic rings. The van der Waals surface area contributed by atoms with Crippen molar-refractivity contribution in [3.05, 3.63) is 124 Å². The molecular formula is C46H56N2O8. The maximum absolute atomic E-state index is 14.3. The molecule has 298 valence electrons. The number of amides is 2. The van der Waals surface area contributed by atoms with Crippen molar-refractivity contribution in [1.29, 1.82) is 0 Å². The second-order valence-electron chi connectivity index (χ2n) is 15.0. The number of aryl methyl sites for hydroxylation is 1. The molecule has 5 rings (SSSR count). The molecule has 1 saturated heterocycles. The lowest BCUT2D eigenvalue weighted by Crippen LogP contribution is -2.42. The highest BCUT2D eigenvalue weighted by Gasteiger charge is 2.42. The summed E-state index contributed by atoms with van der Waals surface area (Å²) in [7, 11) is 4.77. The van der Waals surface area contributed by atoms with Gasteiger partial charge in [-0.25, -0.2) is 0 Å². The lowest BCUT2D eigenvalue weighted by molar-refractivity contribution is -0.150. The maximum Gasteiger partial charge on any atom is 0.306 e. The summed E-state index contributed by atoms with van der Waals surface area (Å²) in [4.78, 5) is 40.8. The molecule has 1 heterocycles. The normalized spacial score (nSPS) is 15.6. The number of hydrogen-bond acceptors (Lipinski definition) is 8. The summed E-state index contributed by atoms with van der Waals surface area (Å²) in [6.45, 7) is 8.76. The highest BCUT2D eigenvalue weighted by Crippen LogP contribution is 2.42. The van der Waals surface area contributed by atoms with E-state index in [4.69, 9.17) is 18.9 Å². The van der Waals surface area contributed by atoms with Crippen LogP contribution in [0.4, 0.5) is 0 Å². The first-order valence-corrected chi connectivity index (χ1v) is 19.4. The van der Waals surface area contributed by atoms with Crippen molar-refractivity contribution in [2.45, 2.75) is 89.4 Å². The van der Waals surface area contributed by atoms with Gasteiger partial charge in [-0.3, -0.25) is 14.4 Å². The maximum atomic E-state index is 14.3. The molecule has 1 aliphatic rings. The standard InChI is InChI=1S/C46H56N2O8/c1-30(2)40-25-32(42(49)27-41(40)31(3)4)13-23-44(51)48-28-39(56-45(52)24-22-43(50)47-5)26-36(48)29-55-46(33-11-9-8-10-12-33,34-14-18-37(53-6)19-15-34)35-16-20-38(54-7)21-17-35/h8-12,14-21,25,27,30-31,36,39,49H,13,22-24,26,28-29H2,1-7H3,(H,47,50)/t36-,39+/m0/s1. The zero-order chi connectivity index (χ0) is 40.4. The van der Waals surface area contributed by atoms with Crippen LogP contribution in [0.25, 0.3) is 0 Å². The van der Waals surface area contributed by atoms with E-state index < -0.39 is 23.7 Å². The van der Waals surface area contributed by atoms with Crippen molar-refractivity contribution in [2.75, 3.05) is 34.4 Å². The van der Waals surface area contributed by atoms with E-state index in [2.05, 4.69) is 33.0 Å². The summed E-state index contributed by atoms with van der Waals surface area (Å²) in [6.07, 6.45) is 0.179. The Kier molecular flexibility index (Phi) is 14.2. The predicted molar refractivity (Wildman–Crippen MR) is 216 cm³/mol. The molecular weight excluding hydrogens is 709 g/mol. The number of nitrogens with zero attached hydrogens (tertiary/aromatic N) is 1. The number of nitrogens with one attached hydrogen (secondary N) is 1. The lowest BCUT2D eigenvalue weighted by atomic mass is 9.80. The largest absolute Gasteiger partial charge is 0.508 e. The second-order valence-corrected chi connectivity index (χ2v) is 15.0. The third-order valence-corrected chi connectivity index (χ3v) is 10.6. The van der Waals surface area contributed by atoms with Gasteiger partial charge in [0.05, 0.1) is 39.8 Å².